The van der Waals surface area contributed by atoms with Crippen molar-refractivity contribution in [3.8, 4) is 11.5 Å². The minimum Gasteiger partial charge on any atom is -0.493 e. The zero-order valence-corrected chi connectivity index (χ0v) is 18.3. The maximum atomic E-state index is 5.95. The number of ether oxygens (including phenoxy) is 2. The van der Waals surface area contributed by atoms with Crippen LogP contribution in [0.2, 0.25) is 0 Å². The van der Waals surface area contributed by atoms with Gasteiger partial charge < -0.3 is 19.7 Å². The zero-order chi connectivity index (χ0) is 20.4. The molecule has 2 N–H and O–H groups in total. The van der Waals surface area contributed by atoms with Crippen molar-refractivity contribution in [2.45, 2.75) is 33.8 Å². The Morgan fingerprint density at radius 3 is 2.39 bits per heavy atom. The molecule has 2 rings (SSSR count). The van der Waals surface area contributed by atoms with E-state index in [0.717, 1.165) is 41.4 Å². The van der Waals surface area contributed by atoms with E-state index in [9.17, 15) is 0 Å². The van der Waals surface area contributed by atoms with E-state index in [2.05, 4.69) is 50.4 Å². The Labute approximate surface area is 174 Å². The van der Waals surface area contributed by atoms with Gasteiger partial charge >= 0.3 is 0 Å². The molecule has 0 amide bonds. The molecule has 0 atom stereocenters. The second kappa shape index (κ2) is 11.7. The van der Waals surface area contributed by atoms with Crippen molar-refractivity contribution >= 4 is 17.2 Å². The zero-order valence-electron chi connectivity index (χ0n) is 17.5. The molecule has 0 fully saturated rings. The summed E-state index contributed by atoms with van der Waals surface area (Å²) >= 11 is 5.55. The van der Waals surface area contributed by atoms with Crippen LogP contribution < -0.4 is 19.7 Å². The maximum Gasteiger partial charge on any atom is 0.161 e. The van der Waals surface area contributed by atoms with Crippen LogP contribution in [0.3, 0.4) is 0 Å². The van der Waals surface area contributed by atoms with Crippen LogP contribution >= 0.6 is 12.2 Å². The number of quaternary nitrogens is 1. The van der Waals surface area contributed by atoms with Crippen LogP contribution in [0.15, 0.2) is 42.5 Å². The molecule has 0 saturated carbocycles. The molecule has 2 aromatic rings. The van der Waals surface area contributed by atoms with Gasteiger partial charge in [0.2, 0.25) is 0 Å². The number of hydrogen-bond donors (Lipinski definition) is 2. The van der Waals surface area contributed by atoms with Gasteiger partial charge in [-0.1, -0.05) is 42.0 Å². The average molecular weight is 402 g/mol. The third-order valence-corrected chi connectivity index (χ3v) is 5.31. The van der Waals surface area contributed by atoms with Gasteiger partial charge in [-0.15, -0.1) is 0 Å². The third-order valence-electron chi connectivity index (χ3n) is 4.93. The predicted octanol–water partition coefficient (Wildman–Crippen LogP) is 3.16. The lowest BCUT2D eigenvalue weighted by atomic mass is 10.1. The van der Waals surface area contributed by atoms with Crippen LogP contribution in [0.1, 0.15) is 37.0 Å². The highest BCUT2D eigenvalue weighted by molar-refractivity contribution is 7.80. The fourth-order valence-electron chi connectivity index (χ4n) is 3.02. The molecule has 0 aliphatic carbocycles. The Morgan fingerprint density at radius 1 is 1.04 bits per heavy atom. The second-order valence-corrected chi connectivity index (χ2v) is 7.36. The third kappa shape index (κ3) is 6.80. The van der Waals surface area contributed by atoms with E-state index in [-0.39, 0.29) is 0 Å². The number of aryl methyl sites for hydroxylation is 1. The molecule has 0 aliphatic heterocycles. The highest BCUT2D eigenvalue weighted by Gasteiger charge is 2.10. The van der Waals surface area contributed by atoms with Crippen molar-refractivity contribution < 1.29 is 14.4 Å². The standard InChI is InChI=1S/C23H32N2O2S/c1-5-25(6-2)15-7-14-24-23(28)20-12-13-21(22(16-20)26-4)27-17-19-10-8-18(3)9-11-19/h8-13,16H,5-7,14-15,17H2,1-4H3,(H,24,28)/p+1. The quantitative estimate of drug-likeness (QED) is 0.448. The normalized spacial score (nSPS) is 10.8. The molecule has 4 nitrogen and oxygen atoms in total. The van der Waals surface area contributed by atoms with Crippen LogP contribution in [0.4, 0.5) is 0 Å². The number of hydrogen-bond acceptors (Lipinski definition) is 3. The van der Waals surface area contributed by atoms with E-state index >= 15 is 0 Å². The second-order valence-electron chi connectivity index (χ2n) is 6.96. The first-order valence-electron chi connectivity index (χ1n) is 10.1. The van der Waals surface area contributed by atoms with E-state index in [1.54, 1.807) is 12.0 Å². The van der Waals surface area contributed by atoms with Crippen molar-refractivity contribution in [3.05, 3.63) is 59.2 Å². The summed E-state index contributed by atoms with van der Waals surface area (Å²) in [6.45, 7) is 11.4. The fourth-order valence-corrected chi connectivity index (χ4v) is 3.25. The lowest BCUT2D eigenvalue weighted by Crippen LogP contribution is -3.11. The summed E-state index contributed by atoms with van der Waals surface area (Å²) in [5, 5.41) is 3.36. The molecular formula is C23H33N2O2S+. The van der Waals surface area contributed by atoms with Crippen molar-refractivity contribution in [2.75, 3.05) is 33.3 Å². The fraction of sp³-hybridized carbons (Fsp3) is 0.435. The van der Waals surface area contributed by atoms with E-state index in [1.807, 2.05) is 18.2 Å². The number of thiocarbonyl (C=S) groups is 1. The average Bonchev–Trinajstić information content (AvgIpc) is 2.73. The molecule has 0 radical (unpaired) electrons. The van der Waals surface area contributed by atoms with Crippen LogP contribution in [0, 0.1) is 6.92 Å². The van der Waals surface area contributed by atoms with E-state index in [0.29, 0.717) is 12.4 Å². The van der Waals surface area contributed by atoms with Gasteiger partial charge in [-0.05, 0) is 44.5 Å². The molecule has 0 saturated heterocycles. The first kappa shape index (κ1) is 22.2. The van der Waals surface area contributed by atoms with Crippen LogP contribution in [-0.4, -0.2) is 38.3 Å². The molecule has 0 bridgehead atoms. The molecule has 0 unspecified atom stereocenters. The first-order chi connectivity index (χ1) is 13.6. The lowest BCUT2D eigenvalue weighted by molar-refractivity contribution is -0.896. The van der Waals surface area contributed by atoms with Gasteiger partial charge in [-0.2, -0.15) is 0 Å². The minimum absolute atomic E-state index is 0.506. The van der Waals surface area contributed by atoms with E-state index in [4.69, 9.17) is 21.7 Å². The number of benzene rings is 2. The van der Waals surface area contributed by atoms with Gasteiger partial charge in [0.05, 0.1) is 26.7 Å². The SMILES string of the molecule is CC[NH+](CC)CCCNC(=S)c1ccc(OCc2ccc(C)cc2)c(OC)c1. The largest absolute Gasteiger partial charge is 0.493 e. The minimum atomic E-state index is 0.506. The summed E-state index contributed by atoms with van der Waals surface area (Å²) in [4.78, 5) is 2.36. The summed E-state index contributed by atoms with van der Waals surface area (Å²) in [5.41, 5.74) is 3.32. The molecular weight excluding hydrogens is 368 g/mol. The van der Waals surface area contributed by atoms with Crippen molar-refractivity contribution in [1.29, 1.82) is 0 Å². The predicted molar refractivity (Wildman–Crippen MR) is 120 cm³/mol. The van der Waals surface area contributed by atoms with Gasteiger partial charge in [0.25, 0.3) is 0 Å². The molecule has 0 heterocycles. The highest BCUT2D eigenvalue weighted by atomic mass is 32.1. The Balaban J connectivity index is 1.90. The highest BCUT2D eigenvalue weighted by Crippen LogP contribution is 2.29. The molecule has 28 heavy (non-hydrogen) atoms. The van der Waals surface area contributed by atoms with E-state index in [1.165, 1.54) is 18.7 Å². The van der Waals surface area contributed by atoms with Crippen LogP contribution in [0.5, 0.6) is 11.5 Å². The van der Waals surface area contributed by atoms with Gasteiger partial charge in [0.15, 0.2) is 11.5 Å². The van der Waals surface area contributed by atoms with Crippen molar-refractivity contribution in [2.24, 2.45) is 0 Å². The summed E-state index contributed by atoms with van der Waals surface area (Å²) in [6, 6.07) is 14.2. The Morgan fingerprint density at radius 2 is 1.75 bits per heavy atom. The van der Waals surface area contributed by atoms with Crippen LogP contribution in [-0.2, 0) is 6.61 Å². The number of nitrogens with one attached hydrogen (secondary N) is 2. The lowest BCUT2D eigenvalue weighted by Gasteiger charge is -2.16. The van der Waals surface area contributed by atoms with Gasteiger partial charge in [-0.3, -0.25) is 0 Å². The number of rotatable bonds is 11. The monoisotopic (exact) mass is 401 g/mol. The molecule has 0 aromatic heterocycles. The summed E-state index contributed by atoms with van der Waals surface area (Å²) in [5.74, 6) is 1.42. The van der Waals surface area contributed by atoms with Gasteiger partial charge in [0, 0.05) is 18.5 Å². The first-order valence-corrected chi connectivity index (χ1v) is 10.5. The maximum absolute atomic E-state index is 5.95. The van der Waals surface area contributed by atoms with Gasteiger partial charge in [-0.25, -0.2) is 0 Å². The van der Waals surface area contributed by atoms with Gasteiger partial charge in [0.1, 0.15) is 11.6 Å². The summed E-state index contributed by atoms with van der Waals surface area (Å²) < 4.78 is 11.5. The van der Waals surface area contributed by atoms with Crippen molar-refractivity contribution in [1.82, 2.24) is 5.32 Å². The van der Waals surface area contributed by atoms with Crippen LogP contribution in [0.25, 0.3) is 0 Å². The molecule has 152 valence electrons. The molecule has 2 aromatic carbocycles. The Kier molecular flexibility index (Phi) is 9.24. The summed E-state index contributed by atoms with van der Waals surface area (Å²) in [7, 11) is 1.65. The Hall–Kier alpha value is -2.11. The van der Waals surface area contributed by atoms with E-state index < -0.39 is 0 Å². The topological polar surface area (TPSA) is 34.9 Å². The van der Waals surface area contributed by atoms with Crippen molar-refractivity contribution in [3.63, 3.8) is 0 Å². The molecule has 0 aliphatic rings. The summed E-state index contributed by atoms with van der Waals surface area (Å²) in [6.07, 6.45) is 1.10. The number of methoxy groups -OCH3 is 1. The smallest absolute Gasteiger partial charge is 0.161 e. The Bertz CT molecular complexity index is 743. The molecule has 0 spiro atoms. The molecule has 5 heteroatoms.